The molecular formula is C16H34OP+. The summed E-state index contributed by atoms with van der Waals surface area (Å²) in [5, 5.41) is 0. The zero-order valence-electron chi connectivity index (χ0n) is 13.1. The molecule has 0 fully saturated rings. The quantitative estimate of drug-likeness (QED) is 0.303. The summed E-state index contributed by atoms with van der Waals surface area (Å²) in [4.78, 5) is 0. The summed E-state index contributed by atoms with van der Waals surface area (Å²) in [5.74, 6) is 1.64. The molecule has 0 amide bonds. The van der Waals surface area contributed by atoms with Crippen LogP contribution in [0.3, 0.4) is 0 Å². The maximum absolute atomic E-state index is 11.8. The van der Waals surface area contributed by atoms with E-state index in [-0.39, 0.29) is 0 Å². The van der Waals surface area contributed by atoms with Crippen LogP contribution in [0, 0.1) is 11.8 Å². The van der Waals surface area contributed by atoms with Crippen LogP contribution in [0.1, 0.15) is 79.1 Å². The molecular weight excluding hydrogens is 239 g/mol. The van der Waals surface area contributed by atoms with Gasteiger partial charge in [0.1, 0.15) is 12.3 Å². The van der Waals surface area contributed by atoms with Crippen molar-refractivity contribution in [3.05, 3.63) is 0 Å². The molecule has 0 aromatic carbocycles. The molecule has 0 rings (SSSR count). The first-order valence-electron chi connectivity index (χ1n) is 7.94. The lowest BCUT2D eigenvalue weighted by Gasteiger charge is -2.02. The summed E-state index contributed by atoms with van der Waals surface area (Å²) in [6.45, 7) is 9.10. The van der Waals surface area contributed by atoms with E-state index in [1.54, 1.807) is 0 Å². The first kappa shape index (κ1) is 18.1. The summed E-state index contributed by atoms with van der Waals surface area (Å²) >= 11 is 0. The molecule has 0 aliphatic rings. The van der Waals surface area contributed by atoms with Gasteiger partial charge in [-0.05, 0) is 37.5 Å². The molecule has 0 saturated carbocycles. The summed E-state index contributed by atoms with van der Waals surface area (Å²) in [7, 11) is -0.894. The smallest absolute Gasteiger partial charge is 0.0748 e. The van der Waals surface area contributed by atoms with E-state index in [1.165, 1.54) is 51.4 Å². The average molecular weight is 273 g/mol. The minimum Gasteiger partial charge on any atom is -0.0748 e. The predicted molar refractivity (Wildman–Crippen MR) is 84.0 cm³/mol. The molecule has 18 heavy (non-hydrogen) atoms. The highest BCUT2D eigenvalue weighted by molar-refractivity contribution is 7.44. The molecule has 0 N–H and O–H groups in total. The van der Waals surface area contributed by atoms with Crippen LogP contribution in [0.25, 0.3) is 0 Å². The van der Waals surface area contributed by atoms with Crippen molar-refractivity contribution in [2.24, 2.45) is 11.8 Å². The summed E-state index contributed by atoms with van der Waals surface area (Å²) in [6.07, 6.45) is 12.1. The molecule has 108 valence electrons. The molecule has 0 radical (unpaired) electrons. The molecule has 0 aromatic heterocycles. The Balaban J connectivity index is 3.22. The van der Waals surface area contributed by atoms with Crippen molar-refractivity contribution < 1.29 is 4.57 Å². The van der Waals surface area contributed by atoms with Crippen molar-refractivity contribution in [3.8, 4) is 0 Å². The van der Waals surface area contributed by atoms with Crippen molar-refractivity contribution in [1.29, 1.82) is 0 Å². The number of unbranched alkanes of at least 4 members (excludes halogenated alkanes) is 4. The molecule has 0 bridgehead atoms. The van der Waals surface area contributed by atoms with Crippen molar-refractivity contribution in [3.63, 3.8) is 0 Å². The summed E-state index contributed by atoms with van der Waals surface area (Å²) in [5.41, 5.74) is 0. The van der Waals surface area contributed by atoms with E-state index in [9.17, 15) is 4.57 Å². The van der Waals surface area contributed by atoms with E-state index in [0.717, 1.165) is 24.2 Å². The van der Waals surface area contributed by atoms with Gasteiger partial charge in [0.25, 0.3) is 0 Å². The standard InChI is InChI=1S/C16H34OP/c1-15(2)11-7-5-9-13-18(17)14-10-6-8-12-16(3)4/h15-16H,5-14H2,1-4H3/q+1. The fourth-order valence-electron chi connectivity index (χ4n) is 2.15. The SMILES string of the molecule is CC(C)CCCCC[P+](=O)CCCCCC(C)C. The van der Waals surface area contributed by atoms with Crippen molar-refractivity contribution in [1.82, 2.24) is 0 Å². The average Bonchev–Trinajstić information content (AvgIpc) is 2.27. The molecule has 0 spiro atoms. The van der Waals surface area contributed by atoms with Gasteiger partial charge in [0.15, 0.2) is 0 Å². The van der Waals surface area contributed by atoms with Gasteiger partial charge < -0.3 is 0 Å². The van der Waals surface area contributed by atoms with E-state index >= 15 is 0 Å². The van der Waals surface area contributed by atoms with Gasteiger partial charge in [-0.25, -0.2) is 0 Å². The molecule has 0 aliphatic heterocycles. The van der Waals surface area contributed by atoms with Gasteiger partial charge >= 0.3 is 7.80 Å². The maximum atomic E-state index is 11.8. The zero-order chi connectivity index (χ0) is 13.8. The third-order valence-electron chi connectivity index (χ3n) is 3.38. The topological polar surface area (TPSA) is 17.1 Å². The molecule has 0 saturated heterocycles. The van der Waals surface area contributed by atoms with Gasteiger partial charge in [-0.1, -0.05) is 57.9 Å². The summed E-state index contributed by atoms with van der Waals surface area (Å²) in [6, 6.07) is 0. The Labute approximate surface area is 116 Å². The molecule has 0 unspecified atom stereocenters. The van der Waals surface area contributed by atoms with E-state index in [0.29, 0.717) is 0 Å². The zero-order valence-corrected chi connectivity index (χ0v) is 14.0. The Morgan fingerprint density at radius 2 is 1.06 bits per heavy atom. The Kier molecular flexibility index (Phi) is 12.2. The third-order valence-corrected chi connectivity index (χ3v) is 5.01. The van der Waals surface area contributed by atoms with E-state index in [4.69, 9.17) is 0 Å². The second kappa shape index (κ2) is 12.2. The highest BCUT2D eigenvalue weighted by atomic mass is 31.1. The molecule has 0 atom stereocenters. The van der Waals surface area contributed by atoms with Crippen molar-refractivity contribution in [2.75, 3.05) is 12.3 Å². The summed E-state index contributed by atoms with van der Waals surface area (Å²) < 4.78 is 11.8. The third kappa shape index (κ3) is 14.2. The Bertz CT molecular complexity index is 179. The van der Waals surface area contributed by atoms with Crippen LogP contribution in [-0.4, -0.2) is 12.3 Å². The molecule has 0 aliphatic carbocycles. The van der Waals surface area contributed by atoms with Gasteiger partial charge in [0.05, 0.1) is 0 Å². The van der Waals surface area contributed by atoms with Crippen LogP contribution in [0.15, 0.2) is 0 Å². The van der Waals surface area contributed by atoms with E-state index < -0.39 is 7.80 Å². The Morgan fingerprint density at radius 3 is 1.39 bits per heavy atom. The Morgan fingerprint density at radius 1 is 0.667 bits per heavy atom. The largest absolute Gasteiger partial charge is 0.338 e. The van der Waals surface area contributed by atoms with Crippen LogP contribution in [-0.2, 0) is 4.57 Å². The second-order valence-corrected chi connectivity index (χ2v) is 8.27. The van der Waals surface area contributed by atoms with Gasteiger partial charge in [0.2, 0.25) is 0 Å². The lowest BCUT2D eigenvalue weighted by Crippen LogP contribution is -1.90. The van der Waals surface area contributed by atoms with Gasteiger partial charge in [-0.2, -0.15) is 0 Å². The van der Waals surface area contributed by atoms with E-state index in [1.807, 2.05) is 0 Å². The molecule has 1 nitrogen and oxygen atoms in total. The van der Waals surface area contributed by atoms with E-state index in [2.05, 4.69) is 27.7 Å². The molecule has 0 heterocycles. The number of hydrogen-bond donors (Lipinski definition) is 0. The highest BCUT2D eigenvalue weighted by Crippen LogP contribution is 2.25. The van der Waals surface area contributed by atoms with Gasteiger partial charge in [0, 0.05) is 0 Å². The predicted octanol–water partition coefficient (Wildman–Crippen LogP) is 6.25. The van der Waals surface area contributed by atoms with Crippen LogP contribution < -0.4 is 0 Å². The molecule has 2 heteroatoms. The fraction of sp³-hybridized carbons (Fsp3) is 1.00. The van der Waals surface area contributed by atoms with Crippen LogP contribution >= 0.6 is 7.80 Å². The van der Waals surface area contributed by atoms with Crippen molar-refractivity contribution in [2.45, 2.75) is 79.1 Å². The monoisotopic (exact) mass is 273 g/mol. The second-order valence-electron chi connectivity index (χ2n) is 6.42. The minimum absolute atomic E-state index is 0.819. The lowest BCUT2D eigenvalue weighted by molar-refractivity contribution is 0.529. The first-order chi connectivity index (χ1) is 8.52. The normalized spacial score (nSPS) is 11.4. The first-order valence-corrected chi connectivity index (χ1v) is 9.57. The van der Waals surface area contributed by atoms with Gasteiger partial charge in [-0.15, -0.1) is 0 Å². The maximum Gasteiger partial charge on any atom is 0.338 e. The molecule has 0 aromatic rings. The highest BCUT2D eigenvalue weighted by Gasteiger charge is 2.13. The van der Waals surface area contributed by atoms with Crippen molar-refractivity contribution >= 4 is 7.80 Å². The number of hydrogen-bond acceptors (Lipinski definition) is 1. The Hall–Kier alpha value is 0.100. The lowest BCUT2D eigenvalue weighted by atomic mass is 10.1. The van der Waals surface area contributed by atoms with Crippen LogP contribution in [0.2, 0.25) is 0 Å². The minimum atomic E-state index is -0.894. The fourth-order valence-corrected chi connectivity index (χ4v) is 3.52. The van der Waals surface area contributed by atoms with Crippen LogP contribution in [0.4, 0.5) is 0 Å². The van der Waals surface area contributed by atoms with Gasteiger partial charge in [-0.3, -0.25) is 0 Å². The van der Waals surface area contributed by atoms with Crippen LogP contribution in [0.5, 0.6) is 0 Å². The number of rotatable bonds is 12.